The van der Waals surface area contributed by atoms with Crippen molar-refractivity contribution in [3.05, 3.63) is 35.4 Å². The Morgan fingerprint density at radius 3 is 2.23 bits per heavy atom. The molecule has 0 spiro atoms. The average Bonchev–Trinajstić information content (AvgIpc) is 3.04. The Bertz CT molecular complexity index is 375. The first kappa shape index (κ1) is 17.5. The molecule has 1 nitrogen and oxygen atoms in total. The SMILES string of the molecule is Cc1ccc(CCCCCCCCOCC2CCCC2)cc1. The summed E-state index contributed by atoms with van der Waals surface area (Å²) in [5.74, 6) is 0.877. The quantitative estimate of drug-likeness (QED) is 0.450. The van der Waals surface area contributed by atoms with Crippen LogP contribution in [0.2, 0.25) is 0 Å². The van der Waals surface area contributed by atoms with Gasteiger partial charge in [0.25, 0.3) is 0 Å². The van der Waals surface area contributed by atoms with Gasteiger partial charge >= 0.3 is 0 Å². The molecule has 2 rings (SSSR count). The Kier molecular flexibility index (Phi) is 8.63. The van der Waals surface area contributed by atoms with Crippen LogP contribution in [0.3, 0.4) is 0 Å². The summed E-state index contributed by atoms with van der Waals surface area (Å²) in [6, 6.07) is 9.00. The van der Waals surface area contributed by atoms with E-state index in [1.807, 2.05) is 0 Å². The van der Waals surface area contributed by atoms with Gasteiger partial charge in [-0.3, -0.25) is 0 Å². The molecule has 124 valence electrons. The zero-order valence-corrected chi connectivity index (χ0v) is 14.5. The molecule has 0 heterocycles. The molecule has 1 saturated carbocycles. The van der Waals surface area contributed by atoms with E-state index >= 15 is 0 Å². The number of hydrogen-bond donors (Lipinski definition) is 0. The van der Waals surface area contributed by atoms with Crippen LogP contribution in [0.1, 0.15) is 75.3 Å². The van der Waals surface area contributed by atoms with Gasteiger partial charge in [0.05, 0.1) is 0 Å². The van der Waals surface area contributed by atoms with Crippen LogP contribution in [0.4, 0.5) is 0 Å². The zero-order chi connectivity index (χ0) is 15.5. The molecule has 0 amide bonds. The van der Waals surface area contributed by atoms with Crippen LogP contribution in [0.15, 0.2) is 24.3 Å². The fourth-order valence-corrected chi connectivity index (χ4v) is 3.42. The number of benzene rings is 1. The third-order valence-corrected chi connectivity index (χ3v) is 4.95. The Hall–Kier alpha value is -0.820. The lowest BCUT2D eigenvalue weighted by molar-refractivity contribution is 0.0978. The zero-order valence-electron chi connectivity index (χ0n) is 14.5. The second kappa shape index (κ2) is 10.8. The lowest BCUT2D eigenvalue weighted by atomic mass is 10.0. The Morgan fingerprint density at radius 1 is 0.864 bits per heavy atom. The molecule has 0 unspecified atom stereocenters. The molecule has 0 bridgehead atoms. The first-order valence-corrected chi connectivity index (χ1v) is 9.48. The van der Waals surface area contributed by atoms with Crippen LogP contribution in [-0.4, -0.2) is 13.2 Å². The van der Waals surface area contributed by atoms with Crippen molar-refractivity contribution < 1.29 is 4.74 Å². The topological polar surface area (TPSA) is 9.23 Å². The summed E-state index contributed by atoms with van der Waals surface area (Å²) in [4.78, 5) is 0. The molecule has 1 aliphatic carbocycles. The minimum Gasteiger partial charge on any atom is -0.381 e. The second-order valence-corrected chi connectivity index (χ2v) is 7.08. The standard InChI is InChI=1S/C21H34O/c1-19-13-15-20(16-14-19)10-6-4-2-3-5-9-17-22-18-21-11-7-8-12-21/h13-16,21H,2-12,17-18H2,1H3. The molecule has 1 aliphatic rings. The van der Waals surface area contributed by atoms with Gasteiger partial charge in [-0.15, -0.1) is 0 Å². The van der Waals surface area contributed by atoms with Crippen molar-refractivity contribution in [3.63, 3.8) is 0 Å². The van der Waals surface area contributed by atoms with E-state index in [-0.39, 0.29) is 0 Å². The smallest absolute Gasteiger partial charge is 0.0494 e. The molecule has 0 aromatic heterocycles. The Balaban J connectivity index is 1.34. The van der Waals surface area contributed by atoms with E-state index < -0.39 is 0 Å². The number of unbranched alkanes of at least 4 members (excludes halogenated alkanes) is 5. The molecule has 1 heteroatoms. The molecular formula is C21H34O. The van der Waals surface area contributed by atoms with Crippen LogP contribution in [-0.2, 0) is 11.2 Å². The van der Waals surface area contributed by atoms with Crippen molar-refractivity contribution in [2.24, 2.45) is 5.92 Å². The molecule has 1 aromatic rings. The Morgan fingerprint density at radius 2 is 1.50 bits per heavy atom. The lowest BCUT2D eigenvalue weighted by Gasteiger charge is -2.09. The number of ether oxygens (including phenoxy) is 1. The summed E-state index contributed by atoms with van der Waals surface area (Å²) in [5.41, 5.74) is 2.85. The van der Waals surface area contributed by atoms with Crippen molar-refractivity contribution in [2.45, 2.75) is 77.6 Å². The highest BCUT2D eigenvalue weighted by Gasteiger charge is 2.14. The van der Waals surface area contributed by atoms with Crippen LogP contribution >= 0.6 is 0 Å². The van der Waals surface area contributed by atoms with Gasteiger partial charge in [-0.2, -0.15) is 0 Å². The summed E-state index contributed by atoms with van der Waals surface area (Å²) in [6.07, 6.45) is 15.0. The highest BCUT2D eigenvalue weighted by molar-refractivity contribution is 5.21. The van der Waals surface area contributed by atoms with E-state index in [1.165, 1.54) is 81.8 Å². The van der Waals surface area contributed by atoms with E-state index in [1.54, 1.807) is 0 Å². The minimum absolute atomic E-state index is 0.877. The fourth-order valence-electron chi connectivity index (χ4n) is 3.42. The van der Waals surface area contributed by atoms with E-state index in [0.717, 1.165) is 19.1 Å². The van der Waals surface area contributed by atoms with Gasteiger partial charge < -0.3 is 4.74 Å². The fraction of sp³-hybridized carbons (Fsp3) is 0.714. The molecule has 0 saturated heterocycles. The molecule has 22 heavy (non-hydrogen) atoms. The molecule has 0 atom stereocenters. The van der Waals surface area contributed by atoms with E-state index in [0.29, 0.717) is 0 Å². The van der Waals surface area contributed by atoms with Gasteiger partial charge in [-0.25, -0.2) is 0 Å². The van der Waals surface area contributed by atoms with Crippen molar-refractivity contribution in [2.75, 3.05) is 13.2 Å². The van der Waals surface area contributed by atoms with Gasteiger partial charge in [0.15, 0.2) is 0 Å². The van der Waals surface area contributed by atoms with Crippen molar-refractivity contribution in [1.82, 2.24) is 0 Å². The summed E-state index contributed by atoms with van der Waals surface area (Å²) < 4.78 is 5.81. The maximum Gasteiger partial charge on any atom is 0.0494 e. The Labute approximate surface area is 137 Å². The third kappa shape index (κ3) is 7.45. The number of aryl methyl sites for hydroxylation is 2. The monoisotopic (exact) mass is 302 g/mol. The van der Waals surface area contributed by atoms with Gasteiger partial charge in [0.1, 0.15) is 0 Å². The first-order chi connectivity index (χ1) is 10.8. The maximum atomic E-state index is 5.81. The van der Waals surface area contributed by atoms with Crippen molar-refractivity contribution in [1.29, 1.82) is 0 Å². The third-order valence-electron chi connectivity index (χ3n) is 4.95. The predicted molar refractivity (Wildman–Crippen MR) is 95.4 cm³/mol. The van der Waals surface area contributed by atoms with Gasteiger partial charge in [-0.1, -0.05) is 68.4 Å². The van der Waals surface area contributed by atoms with Gasteiger partial charge in [0, 0.05) is 13.2 Å². The molecular weight excluding hydrogens is 268 g/mol. The number of hydrogen-bond acceptors (Lipinski definition) is 1. The predicted octanol–water partition coefficient (Wildman–Crippen LogP) is 6.08. The molecule has 0 aliphatic heterocycles. The highest BCUT2D eigenvalue weighted by atomic mass is 16.5. The van der Waals surface area contributed by atoms with E-state index in [9.17, 15) is 0 Å². The molecule has 1 fully saturated rings. The lowest BCUT2D eigenvalue weighted by Crippen LogP contribution is -2.06. The van der Waals surface area contributed by atoms with Crippen molar-refractivity contribution >= 4 is 0 Å². The van der Waals surface area contributed by atoms with Gasteiger partial charge in [0.2, 0.25) is 0 Å². The summed E-state index contributed by atoms with van der Waals surface area (Å²) in [6.45, 7) is 4.16. The van der Waals surface area contributed by atoms with Crippen LogP contribution in [0.5, 0.6) is 0 Å². The minimum atomic E-state index is 0.877. The van der Waals surface area contributed by atoms with Crippen LogP contribution in [0, 0.1) is 12.8 Å². The molecule has 1 aromatic carbocycles. The second-order valence-electron chi connectivity index (χ2n) is 7.08. The van der Waals surface area contributed by atoms with E-state index in [2.05, 4.69) is 31.2 Å². The van der Waals surface area contributed by atoms with Crippen LogP contribution in [0.25, 0.3) is 0 Å². The molecule has 0 radical (unpaired) electrons. The van der Waals surface area contributed by atoms with Crippen molar-refractivity contribution in [3.8, 4) is 0 Å². The first-order valence-electron chi connectivity index (χ1n) is 9.48. The highest BCUT2D eigenvalue weighted by Crippen LogP contribution is 2.24. The maximum absolute atomic E-state index is 5.81. The van der Waals surface area contributed by atoms with E-state index in [4.69, 9.17) is 4.74 Å². The van der Waals surface area contributed by atoms with Gasteiger partial charge in [-0.05, 0) is 50.5 Å². The summed E-state index contributed by atoms with van der Waals surface area (Å²) in [5, 5.41) is 0. The normalized spacial score (nSPS) is 15.5. The largest absolute Gasteiger partial charge is 0.381 e. The molecule has 0 N–H and O–H groups in total. The average molecular weight is 303 g/mol. The van der Waals surface area contributed by atoms with Crippen LogP contribution < -0.4 is 0 Å². The number of rotatable bonds is 11. The summed E-state index contributed by atoms with van der Waals surface area (Å²) in [7, 11) is 0. The summed E-state index contributed by atoms with van der Waals surface area (Å²) >= 11 is 0.